The minimum absolute atomic E-state index is 0.00767. The second-order valence-electron chi connectivity index (χ2n) is 12.2. The Bertz CT molecular complexity index is 1960. The van der Waals surface area contributed by atoms with Crippen molar-refractivity contribution in [2.24, 2.45) is 0 Å². The van der Waals surface area contributed by atoms with E-state index >= 15 is 4.39 Å². The summed E-state index contributed by atoms with van der Waals surface area (Å²) in [6.45, 7) is 3.75. The van der Waals surface area contributed by atoms with Gasteiger partial charge in [-0.3, -0.25) is 9.88 Å². The number of alkyl halides is 3. The molecule has 0 spiro atoms. The van der Waals surface area contributed by atoms with Gasteiger partial charge in [-0.25, -0.2) is 14.2 Å². The van der Waals surface area contributed by atoms with Gasteiger partial charge in [0.1, 0.15) is 11.4 Å². The Balaban J connectivity index is 1.06. The summed E-state index contributed by atoms with van der Waals surface area (Å²) in [7, 11) is 1.99. The molecule has 48 heavy (non-hydrogen) atoms. The molecule has 2 aliphatic rings. The van der Waals surface area contributed by atoms with E-state index in [4.69, 9.17) is 4.74 Å². The molecule has 2 amide bonds. The van der Waals surface area contributed by atoms with E-state index in [0.717, 1.165) is 42.0 Å². The third-order valence-corrected chi connectivity index (χ3v) is 8.89. The Morgan fingerprint density at radius 3 is 2.60 bits per heavy atom. The summed E-state index contributed by atoms with van der Waals surface area (Å²) in [5.41, 5.74) is 3.27. The van der Waals surface area contributed by atoms with Crippen LogP contribution in [0.4, 0.5) is 28.0 Å². The molecular formula is C35H33F4N7O2. The number of rotatable bonds is 6. The molecule has 0 radical (unpaired) electrons. The second-order valence-corrected chi connectivity index (χ2v) is 12.2. The van der Waals surface area contributed by atoms with E-state index in [0.29, 0.717) is 48.5 Å². The third-order valence-electron chi connectivity index (χ3n) is 8.89. The summed E-state index contributed by atoms with van der Waals surface area (Å²) in [4.78, 5) is 30.4. The Labute approximate surface area is 274 Å². The number of anilines is 1. The van der Waals surface area contributed by atoms with Gasteiger partial charge in [0.25, 0.3) is 0 Å². The third kappa shape index (κ3) is 6.69. The van der Waals surface area contributed by atoms with Crippen LogP contribution in [0.25, 0.3) is 22.3 Å². The standard InChI is InChI=1S/C35H33F4N7O2/c1-44-11-13-45(14-12-44)20-24-4-6-26(16-29(24)35(37,38)39)42-34(47)46-10-8-22-5-7-27(15-25(22)21-46)48-32-28-17-31(23-3-2-9-40-18-23)43-33(28)41-19-30(32)36/h2-7,9,15-19H,8,10-14,20-21H2,1H3,(H,41,43)(H,42,47). The molecular weight excluding hydrogens is 626 g/mol. The van der Waals surface area contributed by atoms with Crippen LogP contribution in [0.15, 0.2) is 73.2 Å². The van der Waals surface area contributed by atoms with Crippen LogP contribution >= 0.6 is 0 Å². The number of aromatic nitrogens is 3. The first kappa shape index (κ1) is 31.6. The highest BCUT2D eigenvalue weighted by molar-refractivity contribution is 5.90. The van der Waals surface area contributed by atoms with E-state index < -0.39 is 23.6 Å². The molecule has 0 atom stereocenters. The van der Waals surface area contributed by atoms with Crippen molar-refractivity contribution >= 4 is 22.8 Å². The summed E-state index contributed by atoms with van der Waals surface area (Å²) in [6.07, 6.45) is 0.419. The molecule has 1 fully saturated rings. The highest BCUT2D eigenvalue weighted by Gasteiger charge is 2.34. The van der Waals surface area contributed by atoms with Crippen LogP contribution in [0.5, 0.6) is 11.5 Å². The first-order chi connectivity index (χ1) is 23.1. The van der Waals surface area contributed by atoms with Crippen molar-refractivity contribution in [3.05, 3.63) is 101 Å². The number of pyridine rings is 2. The van der Waals surface area contributed by atoms with Crippen molar-refractivity contribution in [2.75, 3.05) is 45.1 Å². The number of ether oxygens (including phenoxy) is 1. The number of hydrogen-bond acceptors (Lipinski definition) is 6. The van der Waals surface area contributed by atoms with E-state index in [-0.39, 0.29) is 30.1 Å². The molecule has 2 aliphatic heterocycles. The van der Waals surface area contributed by atoms with Gasteiger partial charge >= 0.3 is 12.2 Å². The molecule has 248 valence electrons. The van der Waals surface area contributed by atoms with Crippen LogP contribution in [0.2, 0.25) is 0 Å². The molecule has 7 rings (SSSR count). The maximum Gasteiger partial charge on any atom is 0.416 e. The SMILES string of the molecule is CN1CCN(Cc2ccc(NC(=O)N3CCc4ccc(Oc5c(F)cnc6[nH]c(-c7cccnc7)cc56)cc4C3)cc2C(F)(F)F)CC1. The molecule has 13 heteroatoms. The Morgan fingerprint density at radius 1 is 1.00 bits per heavy atom. The van der Waals surface area contributed by atoms with Crippen LogP contribution in [-0.2, 0) is 25.7 Å². The minimum atomic E-state index is -4.57. The summed E-state index contributed by atoms with van der Waals surface area (Å²) in [5.74, 6) is -0.253. The maximum atomic E-state index is 15.0. The Kier molecular flexibility index (Phi) is 8.48. The molecule has 9 nitrogen and oxygen atoms in total. The van der Waals surface area contributed by atoms with Crippen molar-refractivity contribution in [1.29, 1.82) is 0 Å². The number of carbonyl (C=O) groups is 1. The van der Waals surface area contributed by atoms with Crippen LogP contribution in [0.1, 0.15) is 22.3 Å². The fraction of sp³-hybridized carbons (Fsp3) is 0.286. The van der Waals surface area contributed by atoms with Crippen molar-refractivity contribution in [2.45, 2.75) is 25.7 Å². The number of benzene rings is 2. The van der Waals surface area contributed by atoms with Gasteiger partial charge < -0.3 is 24.8 Å². The lowest BCUT2D eigenvalue weighted by atomic mass is 9.99. The lowest BCUT2D eigenvalue weighted by molar-refractivity contribution is -0.138. The van der Waals surface area contributed by atoms with Gasteiger partial charge in [0.2, 0.25) is 0 Å². The van der Waals surface area contributed by atoms with Gasteiger partial charge in [0.05, 0.1) is 17.1 Å². The molecule has 0 aliphatic carbocycles. The predicted molar refractivity (Wildman–Crippen MR) is 173 cm³/mol. The molecule has 0 saturated carbocycles. The molecule has 2 aromatic carbocycles. The number of fused-ring (bicyclic) bond motifs is 2. The fourth-order valence-electron chi connectivity index (χ4n) is 6.20. The first-order valence-corrected chi connectivity index (χ1v) is 15.6. The van der Waals surface area contributed by atoms with Crippen LogP contribution < -0.4 is 10.1 Å². The number of urea groups is 1. The van der Waals surface area contributed by atoms with E-state index in [1.807, 2.05) is 24.1 Å². The summed E-state index contributed by atoms with van der Waals surface area (Å²) < 4.78 is 63.4. The molecule has 1 saturated heterocycles. The molecule has 3 aromatic heterocycles. The van der Waals surface area contributed by atoms with Gasteiger partial charge in [0, 0.05) is 75.2 Å². The number of likely N-dealkylation sites (N-methyl/N-ethyl adjacent to an activating group) is 1. The van der Waals surface area contributed by atoms with Crippen molar-refractivity contribution in [1.82, 2.24) is 29.7 Å². The molecule has 0 unspecified atom stereocenters. The largest absolute Gasteiger partial charge is 0.453 e. The second kappa shape index (κ2) is 12.9. The number of carbonyl (C=O) groups excluding carboxylic acids is 1. The summed E-state index contributed by atoms with van der Waals surface area (Å²) in [6, 6.07) is 14.3. The zero-order valence-electron chi connectivity index (χ0n) is 26.1. The molecule has 5 aromatic rings. The van der Waals surface area contributed by atoms with Gasteiger partial charge in [0.15, 0.2) is 11.6 Å². The van der Waals surface area contributed by atoms with Crippen molar-refractivity contribution in [3.63, 3.8) is 0 Å². The first-order valence-electron chi connectivity index (χ1n) is 15.6. The number of aromatic amines is 1. The number of amides is 2. The van der Waals surface area contributed by atoms with E-state index in [1.165, 1.54) is 17.0 Å². The normalized spacial score (nSPS) is 15.8. The Morgan fingerprint density at radius 2 is 1.83 bits per heavy atom. The van der Waals surface area contributed by atoms with Crippen LogP contribution in [0, 0.1) is 5.82 Å². The molecule has 2 N–H and O–H groups in total. The summed E-state index contributed by atoms with van der Waals surface area (Å²) in [5, 5.41) is 3.12. The number of nitrogens with zero attached hydrogens (tertiary/aromatic N) is 5. The predicted octanol–water partition coefficient (Wildman–Crippen LogP) is 6.91. The number of halogens is 4. The number of piperazine rings is 1. The average Bonchev–Trinajstić information content (AvgIpc) is 3.52. The van der Waals surface area contributed by atoms with E-state index in [1.54, 1.807) is 36.7 Å². The topological polar surface area (TPSA) is 89.6 Å². The van der Waals surface area contributed by atoms with Crippen LogP contribution in [0.3, 0.4) is 0 Å². The summed E-state index contributed by atoms with van der Waals surface area (Å²) >= 11 is 0. The van der Waals surface area contributed by atoms with Crippen LogP contribution in [-0.4, -0.2) is 75.5 Å². The number of hydrogen-bond donors (Lipinski definition) is 2. The Hall–Kier alpha value is -5.01. The zero-order valence-corrected chi connectivity index (χ0v) is 26.1. The lowest BCUT2D eigenvalue weighted by Crippen LogP contribution is -2.44. The number of nitrogens with one attached hydrogen (secondary N) is 2. The highest BCUT2D eigenvalue weighted by atomic mass is 19.4. The van der Waals surface area contributed by atoms with Crippen molar-refractivity contribution in [3.8, 4) is 22.8 Å². The minimum Gasteiger partial charge on any atom is -0.453 e. The van der Waals surface area contributed by atoms with Crippen molar-refractivity contribution < 1.29 is 27.1 Å². The molecule has 0 bridgehead atoms. The van der Waals surface area contributed by atoms with Gasteiger partial charge in [-0.1, -0.05) is 12.1 Å². The highest BCUT2D eigenvalue weighted by Crippen LogP contribution is 2.37. The molecule has 5 heterocycles. The zero-order chi connectivity index (χ0) is 33.4. The smallest absolute Gasteiger partial charge is 0.416 e. The van der Waals surface area contributed by atoms with Gasteiger partial charge in [-0.05, 0) is 72.6 Å². The average molecular weight is 660 g/mol. The van der Waals surface area contributed by atoms with Gasteiger partial charge in [-0.15, -0.1) is 0 Å². The maximum absolute atomic E-state index is 15.0. The van der Waals surface area contributed by atoms with E-state index in [2.05, 4.69) is 25.2 Å². The quantitative estimate of drug-likeness (QED) is 0.193. The van der Waals surface area contributed by atoms with E-state index in [9.17, 15) is 18.0 Å². The lowest BCUT2D eigenvalue weighted by Gasteiger charge is -2.33. The monoisotopic (exact) mass is 659 g/mol. The fourth-order valence-corrected chi connectivity index (χ4v) is 6.20. The number of H-pyrrole nitrogens is 1. The van der Waals surface area contributed by atoms with Gasteiger partial charge in [-0.2, -0.15) is 13.2 Å².